The predicted molar refractivity (Wildman–Crippen MR) is 146 cm³/mol. The molecule has 2 aliphatic heterocycles. The standard InChI is InChI=1S/C28H36N6O4/c1-36-24-9-5-21(6-10-24)26-30-28(38-31-26)34-14-3-4-22(20-34)27(35)29-13-15-32-16-18-33(19-17-32)23-7-11-25(37-2)12-8-23/h5-12,22H,3-4,13-20H2,1-2H3,(H,29,35)/t22-/m1/s1. The van der Waals surface area contributed by atoms with Crippen LogP contribution in [-0.2, 0) is 4.79 Å². The molecule has 5 rings (SSSR count). The van der Waals surface area contributed by atoms with Crippen molar-refractivity contribution >= 4 is 17.6 Å². The molecule has 2 aliphatic rings. The molecule has 1 aromatic heterocycles. The lowest BCUT2D eigenvalue weighted by Crippen LogP contribution is -2.49. The molecule has 0 saturated carbocycles. The summed E-state index contributed by atoms with van der Waals surface area (Å²) < 4.78 is 16.0. The average molecular weight is 521 g/mol. The van der Waals surface area contributed by atoms with Crippen LogP contribution in [0.1, 0.15) is 12.8 Å². The van der Waals surface area contributed by atoms with E-state index in [-0.39, 0.29) is 11.8 Å². The van der Waals surface area contributed by atoms with Crippen LogP contribution >= 0.6 is 0 Å². The Labute approximate surface area is 223 Å². The summed E-state index contributed by atoms with van der Waals surface area (Å²) in [5.41, 5.74) is 2.08. The lowest BCUT2D eigenvalue weighted by Gasteiger charge is -2.36. The molecule has 0 bridgehead atoms. The molecule has 38 heavy (non-hydrogen) atoms. The van der Waals surface area contributed by atoms with Crippen molar-refractivity contribution in [1.29, 1.82) is 0 Å². The largest absolute Gasteiger partial charge is 0.497 e. The lowest BCUT2D eigenvalue weighted by atomic mass is 9.97. The maximum atomic E-state index is 12.9. The number of amides is 1. The first kappa shape index (κ1) is 25.8. The van der Waals surface area contributed by atoms with Crippen LogP contribution < -0.4 is 24.6 Å². The first-order chi connectivity index (χ1) is 18.6. The number of piperidine rings is 1. The van der Waals surface area contributed by atoms with Crippen molar-refractivity contribution in [1.82, 2.24) is 20.4 Å². The monoisotopic (exact) mass is 520 g/mol. The second kappa shape index (κ2) is 12.2. The number of carbonyl (C=O) groups excluding carboxylic acids is 1. The van der Waals surface area contributed by atoms with Crippen molar-refractivity contribution in [2.24, 2.45) is 5.92 Å². The minimum absolute atomic E-state index is 0.0907. The van der Waals surface area contributed by atoms with Gasteiger partial charge in [-0.1, -0.05) is 5.16 Å². The maximum absolute atomic E-state index is 12.9. The average Bonchev–Trinajstić information content (AvgIpc) is 3.48. The van der Waals surface area contributed by atoms with Crippen LogP contribution in [0.3, 0.4) is 0 Å². The summed E-state index contributed by atoms with van der Waals surface area (Å²) in [5, 5.41) is 7.29. The van der Waals surface area contributed by atoms with E-state index < -0.39 is 0 Å². The topological polar surface area (TPSA) is 96.2 Å². The van der Waals surface area contributed by atoms with E-state index in [9.17, 15) is 4.79 Å². The summed E-state index contributed by atoms with van der Waals surface area (Å²) in [4.78, 5) is 24.3. The van der Waals surface area contributed by atoms with Gasteiger partial charge in [0.05, 0.1) is 20.1 Å². The quantitative estimate of drug-likeness (QED) is 0.457. The highest BCUT2D eigenvalue weighted by molar-refractivity contribution is 5.79. The Morgan fingerprint density at radius 3 is 2.32 bits per heavy atom. The van der Waals surface area contributed by atoms with Crippen LogP contribution in [0.25, 0.3) is 11.4 Å². The molecule has 10 nitrogen and oxygen atoms in total. The Balaban J connectivity index is 1.05. The Morgan fingerprint density at radius 2 is 1.63 bits per heavy atom. The maximum Gasteiger partial charge on any atom is 0.324 e. The minimum Gasteiger partial charge on any atom is -0.497 e. The van der Waals surface area contributed by atoms with Crippen molar-refractivity contribution in [3.05, 3.63) is 48.5 Å². The van der Waals surface area contributed by atoms with Crippen LogP contribution in [0, 0.1) is 5.92 Å². The fourth-order valence-electron chi connectivity index (χ4n) is 5.07. The molecular weight excluding hydrogens is 484 g/mol. The third kappa shape index (κ3) is 6.19. The van der Waals surface area contributed by atoms with E-state index in [0.29, 0.717) is 24.9 Å². The molecule has 3 aromatic rings. The highest BCUT2D eigenvalue weighted by atomic mass is 16.5. The molecular formula is C28H36N6O4. The molecule has 10 heteroatoms. The van der Waals surface area contributed by atoms with Gasteiger partial charge in [0.25, 0.3) is 0 Å². The number of hydrogen-bond donors (Lipinski definition) is 1. The molecule has 2 fully saturated rings. The van der Waals surface area contributed by atoms with Gasteiger partial charge in [-0.25, -0.2) is 0 Å². The van der Waals surface area contributed by atoms with Gasteiger partial charge in [0.2, 0.25) is 11.7 Å². The number of piperazine rings is 1. The van der Waals surface area contributed by atoms with Crippen molar-refractivity contribution in [2.75, 3.05) is 76.4 Å². The Bertz CT molecular complexity index is 1170. The first-order valence-corrected chi connectivity index (χ1v) is 13.2. The van der Waals surface area contributed by atoms with Crippen LogP contribution in [0.15, 0.2) is 53.1 Å². The number of benzene rings is 2. The molecule has 0 unspecified atom stereocenters. The van der Waals surface area contributed by atoms with E-state index in [2.05, 4.69) is 37.4 Å². The lowest BCUT2D eigenvalue weighted by molar-refractivity contribution is -0.125. The number of methoxy groups -OCH3 is 2. The number of nitrogens with one attached hydrogen (secondary N) is 1. The second-order valence-corrected chi connectivity index (χ2v) is 9.73. The van der Waals surface area contributed by atoms with Crippen molar-refractivity contribution < 1.29 is 18.8 Å². The zero-order valence-electron chi connectivity index (χ0n) is 22.1. The van der Waals surface area contributed by atoms with Gasteiger partial charge in [-0.05, 0) is 61.4 Å². The number of anilines is 2. The highest BCUT2D eigenvalue weighted by Gasteiger charge is 2.29. The van der Waals surface area contributed by atoms with Crippen molar-refractivity contribution in [2.45, 2.75) is 12.8 Å². The molecule has 1 N–H and O–H groups in total. The van der Waals surface area contributed by atoms with Crippen LogP contribution in [0.4, 0.5) is 11.7 Å². The van der Waals surface area contributed by atoms with Crippen LogP contribution in [-0.4, -0.2) is 87.5 Å². The fourth-order valence-corrected chi connectivity index (χ4v) is 5.07. The summed E-state index contributed by atoms with van der Waals surface area (Å²) in [6.45, 7) is 6.79. The number of rotatable bonds is 9. The number of carbonyl (C=O) groups is 1. The SMILES string of the molecule is COc1ccc(-c2noc(N3CCC[C@@H](C(=O)NCCN4CCN(c5ccc(OC)cc5)CC4)C3)n2)cc1. The first-order valence-electron chi connectivity index (χ1n) is 13.2. The zero-order chi connectivity index (χ0) is 26.3. The van der Waals surface area contributed by atoms with E-state index in [1.165, 1.54) is 5.69 Å². The molecule has 1 amide bonds. The van der Waals surface area contributed by atoms with E-state index in [1.807, 2.05) is 41.3 Å². The third-order valence-corrected chi connectivity index (χ3v) is 7.36. The van der Waals surface area contributed by atoms with Crippen molar-refractivity contribution in [3.63, 3.8) is 0 Å². The van der Waals surface area contributed by atoms with Gasteiger partial charge in [-0.3, -0.25) is 9.69 Å². The number of nitrogens with zero attached hydrogens (tertiary/aromatic N) is 5. The van der Waals surface area contributed by atoms with Crippen LogP contribution in [0.2, 0.25) is 0 Å². The van der Waals surface area contributed by atoms with Crippen LogP contribution in [0.5, 0.6) is 11.5 Å². The summed E-state index contributed by atoms with van der Waals surface area (Å²) in [6, 6.07) is 16.2. The zero-order valence-corrected chi connectivity index (χ0v) is 22.1. The Morgan fingerprint density at radius 1 is 0.947 bits per heavy atom. The summed E-state index contributed by atoms with van der Waals surface area (Å²) in [7, 11) is 3.32. The molecule has 0 spiro atoms. The van der Waals surface area contributed by atoms with E-state index in [4.69, 9.17) is 14.0 Å². The highest BCUT2D eigenvalue weighted by Crippen LogP contribution is 2.26. The van der Waals surface area contributed by atoms with Crippen molar-refractivity contribution in [3.8, 4) is 22.9 Å². The van der Waals surface area contributed by atoms with E-state index in [1.54, 1.807) is 14.2 Å². The summed E-state index contributed by atoms with van der Waals surface area (Å²) >= 11 is 0. The molecule has 1 atom stereocenters. The van der Waals surface area contributed by atoms with Gasteiger partial charge in [-0.15, -0.1) is 0 Å². The van der Waals surface area contributed by atoms with E-state index in [0.717, 1.165) is 69.2 Å². The predicted octanol–water partition coefficient (Wildman–Crippen LogP) is 2.91. The number of hydrogen-bond acceptors (Lipinski definition) is 9. The molecule has 202 valence electrons. The van der Waals surface area contributed by atoms with Gasteiger partial charge in [-0.2, -0.15) is 4.98 Å². The molecule has 2 saturated heterocycles. The van der Waals surface area contributed by atoms with E-state index >= 15 is 0 Å². The minimum atomic E-state index is -0.0907. The molecule has 0 radical (unpaired) electrons. The second-order valence-electron chi connectivity index (χ2n) is 9.73. The van der Waals surface area contributed by atoms with Gasteiger partial charge in [0.15, 0.2) is 0 Å². The molecule has 0 aliphatic carbocycles. The molecule has 2 aromatic carbocycles. The van der Waals surface area contributed by atoms with Gasteiger partial charge in [0.1, 0.15) is 11.5 Å². The molecule has 3 heterocycles. The number of aromatic nitrogens is 2. The summed E-state index contributed by atoms with van der Waals surface area (Å²) in [6.07, 6.45) is 1.77. The van der Waals surface area contributed by atoms with Gasteiger partial charge >= 0.3 is 6.01 Å². The Kier molecular flexibility index (Phi) is 8.28. The fraction of sp³-hybridized carbons (Fsp3) is 0.464. The van der Waals surface area contributed by atoms with Gasteiger partial charge < -0.3 is 29.1 Å². The third-order valence-electron chi connectivity index (χ3n) is 7.36. The smallest absolute Gasteiger partial charge is 0.324 e. The van der Waals surface area contributed by atoms with Gasteiger partial charge in [0, 0.05) is 63.6 Å². The number of ether oxygens (including phenoxy) is 2. The summed E-state index contributed by atoms with van der Waals surface area (Å²) in [5.74, 6) is 2.19. The normalized spacial score (nSPS) is 18.3. The Hall–Kier alpha value is -3.79.